The zero-order valence-electron chi connectivity index (χ0n) is 16.6. The number of piperidine rings is 1. The first-order chi connectivity index (χ1) is 14.1. The Labute approximate surface area is 168 Å². The summed E-state index contributed by atoms with van der Waals surface area (Å²) in [4.78, 5) is 27.8. The zero-order chi connectivity index (χ0) is 20.3. The lowest BCUT2D eigenvalue weighted by molar-refractivity contribution is 0.0562. The van der Waals surface area contributed by atoms with Crippen LogP contribution in [0.25, 0.3) is 11.5 Å². The van der Waals surface area contributed by atoms with Crippen molar-refractivity contribution in [3.63, 3.8) is 0 Å². The maximum absolute atomic E-state index is 13.0. The summed E-state index contributed by atoms with van der Waals surface area (Å²) < 4.78 is 12.7. The summed E-state index contributed by atoms with van der Waals surface area (Å²) in [6.07, 6.45) is 9.16. The summed E-state index contributed by atoms with van der Waals surface area (Å²) in [7, 11) is 3.52. The van der Waals surface area contributed by atoms with Crippen molar-refractivity contribution in [2.24, 2.45) is 7.05 Å². The van der Waals surface area contributed by atoms with E-state index >= 15 is 0 Å². The van der Waals surface area contributed by atoms with Gasteiger partial charge in [-0.25, -0.2) is 4.98 Å². The number of aryl methyl sites for hydroxylation is 1. The van der Waals surface area contributed by atoms with Gasteiger partial charge < -0.3 is 18.7 Å². The number of amides is 1. The summed E-state index contributed by atoms with van der Waals surface area (Å²) >= 11 is 0. The van der Waals surface area contributed by atoms with Gasteiger partial charge in [-0.2, -0.15) is 4.98 Å². The Balaban J connectivity index is 1.62. The second-order valence-corrected chi connectivity index (χ2v) is 7.44. The molecule has 0 N–H and O–H groups in total. The molecule has 9 heteroatoms. The van der Waals surface area contributed by atoms with Gasteiger partial charge in [0, 0.05) is 52.4 Å². The average Bonchev–Trinajstić information content (AvgIpc) is 3.42. The van der Waals surface area contributed by atoms with Crippen LogP contribution >= 0.6 is 0 Å². The number of likely N-dealkylation sites (tertiary alicyclic amines) is 1. The molecule has 3 aromatic heterocycles. The highest BCUT2D eigenvalue weighted by atomic mass is 16.5. The second kappa shape index (κ2) is 8.12. The molecule has 4 rings (SSSR count). The summed E-state index contributed by atoms with van der Waals surface area (Å²) in [6, 6.07) is 3.71. The van der Waals surface area contributed by atoms with Crippen LogP contribution in [0.3, 0.4) is 0 Å². The van der Waals surface area contributed by atoms with Gasteiger partial charge in [-0.1, -0.05) is 5.16 Å². The molecule has 0 aromatic carbocycles. The Bertz CT molecular complexity index is 970. The van der Waals surface area contributed by atoms with Gasteiger partial charge in [0.2, 0.25) is 0 Å². The molecule has 1 amide bonds. The van der Waals surface area contributed by atoms with Gasteiger partial charge in [-0.15, -0.1) is 0 Å². The van der Waals surface area contributed by atoms with Gasteiger partial charge >= 0.3 is 0 Å². The van der Waals surface area contributed by atoms with E-state index in [4.69, 9.17) is 9.26 Å². The smallest absolute Gasteiger partial charge is 0.274 e. The van der Waals surface area contributed by atoms with Crippen LogP contribution in [0.4, 0.5) is 0 Å². The molecule has 29 heavy (non-hydrogen) atoms. The highest BCUT2D eigenvalue weighted by Gasteiger charge is 2.42. The van der Waals surface area contributed by atoms with Crippen molar-refractivity contribution in [2.45, 2.75) is 24.7 Å². The molecule has 1 aliphatic heterocycles. The number of carbonyl (C=O) groups is 1. The third-order valence-electron chi connectivity index (χ3n) is 5.38. The average molecular weight is 396 g/mol. The molecule has 0 radical (unpaired) electrons. The number of hydrogen-bond acceptors (Lipinski definition) is 7. The molecular weight excluding hydrogens is 372 g/mol. The fourth-order valence-corrected chi connectivity index (χ4v) is 3.83. The number of aromatic nitrogens is 5. The van der Waals surface area contributed by atoms with E-state index in [1.54, 1.807) is 36.6 Å². The lowest BCUT2D eigenvalue weighted by Crippen LogP contribution is -2.49. The van der Waals surface area contributed by atoms with Crippen LogP contribution in [0.5, 0.6) is 0 Å². The molecule has 0 saturated carbocycles. The predicted octanol–water partition coefficient (Wildman–Crippen LogP) is 2.08. The Kier molecular flexibility index (Phi) is 5.39. The van der Waals surface area contributed by atoms with Crippen LogP contribution in [0.15, 0.2) is 41.6 Å². The molecule has 1 unspecified atom stereocenters. The van der Waals surface area contributed by atoms with Gasteiger partial charge in [0.1, 0.15) is 5.69 Å². The summed E-state index contributed by atoms with van der Waals surface area (Å²) in [5.41, 5.74) is 0.785. The van der Waals surface area contributed by atoms with E-state index < -0.39 is 5.41 Å². The minimum atomic E-state index is -0.428. The molecule has 1 atom stereocenters. The molecular formula is C20H24N6O3. The first-order valence-corrected chi connectivity index (χ1v) is 9.62. The van der Waals surface area contributed by atoms with E-state index in [-0.39, 0.29) is 5.91 Å². The number of nitrogens with zero attached hydrogens (tertiary/aromatic N) is 6. The minimum Gasteiger partial charge on any atom is -0.385 e. The fraction of sp³-hybridized carbons (Fsp3) is 0.450. The van der Waals surface area contributed by atoms with Crippen molar-refractivity contribution < 1.29 is 14.1 Å². The Morgan fingerprint density at radius 3 is 3.03 bits per heavy atom. The van der Waals surface area contributed by atoms with E-state index in [2.05, 4.69) is 20.1 Å². The maximum Gasteiger partial charge on any atom is 0.274 e. The summed E-state index contributed by atoms with van der Waals surface area (Å²) in [5.74, 6) is 0.952. The normalized spacial score (nSPS) is 19.4. The SMILES string of the molecule is COCCC1(c2noc(-c3cccnc3)n2)CCCN(C(=O)c2cn(C)cn2)C1. The predicted molar refractivity (Wildman–Crippen MR) is 104 cm³/mol. The lowest BCUT2D eigenvalue weighted by atomic mass is 9.76. The number of pyridine rings is 1. The van der Waals surface area contributed by atoms with Crippen LogP contribution < -0.4 is 0 Å². The van der Waals surface area contributed by atoms with Crippen molar-refractivity contribution in [3.05, 3.63) is 48.6 Å². The monoisotopic (exact) mass is 396 g/mol. The van der Waals surface area contributed by atoms with Crippen molar-refractivity contribution in [3.8, 4) is 11.5 Å². The van der Waals surface area contributed by atoms with Crippen LogP contribution in [-0.4, -0.2) is 62.3 Å². The number of rotatable bonds is 6. The molecule has 152 valence electrons. The number of ether oxygens (including phenoxy) is 1. The van der Waals surface area contributed by atoms with Crippen LogP contribution in [0.1, 0.15) is 35.6 Å². The highest BCUT2D eigenvalue weighted by Crippen LogP contribution is 2.37. The number of methoxy groups -OCH3 is 1. The Hall–Kier alpha value is -3.07. The van der Waals surface area contributed by atoms with Crippen LogP contribution in [0.2, 0.25) is 0 Å². The van der Waals surface area contributed by atoms with Crippen molar-refractivity contribution in [1.82, 2.24) is 29.6 Å². The van der Waals surface area contributed by atoms with Crippen LogP contribution in [-0.2, 0) is 17.2 Å². The molecule has 0 bridgehead atoms. The van der Waals surface area contributed by atoms with E-state index in [0.29, 0.717) is 43.5 Å². The number of hydrogen-bond donors (Lipinski definition) is 0. The van der Waals surface area contributed by atoms with E-state index in [1.165, 1.54) is 0 Å². The number of carbonyl (C=O) groups excluding carboxylic acids is 1. The van der Waals surface area contributed by atoms with Crippen molar-refractivity contribution >= 4 is 5.91 Å². The molecule has 0 aliphatic carbocycles. The Morgan fingerprint density at radius 1 is 1.41 bits per heavy atom. The standard InChI is InChI=1S/C20H24N6O3/c1-25-12-16(22-14-25)18(27)26-9-4-6-20(13-26,7-10-28-2)19-23-17(29-24-19)15-5-3-8-21-11-15/h3,5,8,11-12,14H,4,6-7,9-10,13H2,1-2H3. The van der Waals surface area contributed by atoms with Crippen molar-refractivity contribution in [1.29, 1.82) is 0 Å². The summed E-state index contributed by atoms with van der Waals surface area (Å²) in [5, 5.41) is 4.28. The summed E-state index contributed by atoms with van der Waals surface area (Å²) in [6.45, 7) is 1.72. The van der Waals surface area contributed by atoms with E-state index in [9.17, 15) is 4.79 Å². The molecule has 1 fully saturated rings. The molecule has 3 aromatic rings. The van der Waals surface area contributed by atoms with Gasteiger partial charge in [-0.3, -0.25) is 9.78 Å². The third kappa shape index (κ3) is 3.91. The largest absolute Gasteiger partial charge is 0.385 e. The van der Waals surface area contributed by atoms with Gasteiger partial charge in [0.15, 0.2) is 5.82 Å². The fourth-order valence-electron chi connectivity index (χ4n) is 3.83. The van der Waals surface area contributed by atoms with Gasteiger partial charge in [0.25, 0.3) is 11.8 Å². The van der Waals surface area contributed by atoms with Gasteiger partial charge in [0.05, 0.1) is 17.3 Å². The molecule has 4 heterocycles. The molecule has 1 aliphatic rings. The number of imidazole rings is 1. The third-order valence-corrected chi connectivity index (χ3v) is 5.38. The minimum absolute atomic E-state index is 0.0805. The first kappa shape index (κ1) is 19.3. The van der Waals surface area contributed by atoms with E-state index in [1.807, 2.05) is 24.1 Å². The van der Waals surface area contributed by atoms with Gasteiger partial charge in [-0.05, 0) is 31.4 Å². The quantitative estimate of drug-likeness (QED) is 0.629. The van der Waals surface area contributed by atoms with Crippen molar-refractivity contribution in [2.75, 3.05) is 26.8 Å². The van der Waals surface area contributed by atoms with Crippen LogP contribution in [0, 0.1) is 0 Å². The zero-order valence-corrected chi connectivity index (χ0v) is 16.6. The molecule has 0 spiro atoms. The Morgan fingerprint density at radius 2 is 2.31 bits per heavy atom. The topological polar surface area (TPSA) is 99.2 Å². The first-order valence-electron chi connectivity index (χ1n) is 9.62. The second-order valence-electron chi connectivity index (χ2n) is 7.44. The molecule has 1 saturated heterocycles. The van der Waals surface area contributed by atoms with E-state index in [0.717, 1.165) is 18.4 Å². The highest BCUT2D eigenvalue weighted by molar-refractivity contribution is 5.92. The lowest BCUT2D eigenvalue weighted by Gasteiger charge is -2.40. The molecule has 9 nitrogen and oxygen atoms in total. The maximum atomic E-state index is 13.0.